The molecule has 1 N–H and O–H groups in total. The van der Waals surface area contributed by atoms with Crippen molar-refractivity contribution in [3.8, 4) is 0 Å². The molecule has 1 aliphatic carbocycles. The van der Waals surface area contributed by atoms with Crippen LogP contribution in [0, 0.1) is 0 Å². The Morgan fingerprint density at radius 1 is 1.32 bits per heavy atom. The lowest BCUT2D eigenvalue weighted by molar-refractivity contribution is -0.0327. The first-order valence-electron chi connectivity index (χ1n) is 6.15. The quantitative estimate of drug-likeness (QED) is 0.816. The van der Waals surface area contributed by atoms with Gasteiger partial charge in [0.05, 0.1) is 0 Å². The minimum absolute atomic E-state index is 0.0410. The van der Waals surface area contributed by atoms with E-state index in [-0.39, 0.29) is 17.5 Å². The molecular weight excluding hydrogens is 339 g/mol. The summed E-state index contributed by atoms with van der Waals surface area (Å²) in [7, 11) is 0. The van der Waals surface area contributed by atoms with Gasteiger partial charge in [0.25, 0.3) is 0 Å². The van der Waals surface area contributed by atoms with E-state index in [4.69, 9.17) is 0 Å². The lowest BCUT2D eigenvalue weighted by atomic mass is 9.88. The smallest absolute Gasteiger partial charge is 0.313 e. The Kier molecular flexibility index (Phi) is 5.20. The zero-order chi connectivity index (χ0) is 13.9. The summed E-state index contributed by atoms with van der Waals surface area (Å²) >= 11 is 3.49. The van der Waals surface area contributed by atoms with Crippen LogP contribution in [0.1, 0.15) is 17.5 Å². The highest BCUT2D eigenvalue weighted by atomic mass is 79.9. The summed E-state index contributed by atoms with van der Waals surface area (Å²) in [4.78, 5) is 0. The highest BCUT2D eigenvalue weighted by Gasteiger charge is 2.27. The van der Waals surface area contributed by atoms with Crippen LogP contribution in [0.25, 0.3) is 0 Å². The second-order valence-electron chi connectivity index (χ2n) is 4.60. The van der Waals surface area contributed by atoms with Gasteiger partial charge in [-0.1, -0.05) is 22.0 Å². The number of nitrogens with one attached hydrogen (secondary N) is 1. The van der Waals surface area contributed by atoms with Gasteiger partial charge < -0.3 is 5.32 Å². The van der Waals surface area contributed by atoms with Crippen molar-refractivity contribution in [2.75, 3.05) is 12.3 Å². The Balaban J connectivity index is 1.77. The van der Waals surface area contributed by atoms with Gasteiger partial charge in [-0.15, -0.1) is 0 Å². The topological polar surface area (TPSA) is 12.0 Å². The van der Waals surface area contributed by atoms with Gasteiger partial charge >= 0.3 is 5.51 Å². The molecule has 19 heavy (non-hydrogen) atoms. The van der Waals surface area contributed by atoms with Crippen molar-refractivity contribution in [1.82, 2.24) is 5.32 Å². The molecular formula is C13H15BrF3NS. The fraction of sp³-hybridized carbons (Fsp3) is 0.538. The average molecular weight is 354 g/mol. The van der Waals surface area contributed by atoms with Crippen LogP contribution in [-0.2, 0) is 12.8 Å². The zero-order valence-corrected chi connectivity index (χ0v) is 12.7. The lowest BCUT2D eigenvalue weighted by Crippen LogP contribution is -2.36. The number of benzene rings is 1. The van der Waals surface area contributed by atoms with Gasteiger partial charge in [-0.05, 0) is 54.3 Å². The molecule has 6 heteroatoms. The van der Waals surface area contributed by atoms with Crippen molar-refractivity contribution in [3.05, 3.63) is 33.8 Å². The van der Waals surface area contributed by atoms with Crippen molar-refractivity contribution in [3.63, 3.8) is 0 Å². The third kappa shape index (κ3) is 5.00. The van der Waals surface area contributed by atoms with E-state index in [0.29, 0.717) is 12.6 Å². The van der Waals surface area contributed by atoms with E-state index in [9.17, 15) is 13.2 Å². The molecule has 106 valence electrons. The molecule has 1 aliphatic rings. The van der Waals surface area contributed by atoms with Crippen molar-refractivity contribution in [1.29, 1.82) is 0 Å². The second kappa shape index (κ2) is 6.50. The third-order valence-electron chi connectivity index (χ3n) is 3.20. The molecule has 0 amide bonds. The van der Waals surface area contributed by atoms with E-state index in [1.165, 1.54) is 11.1 Å². The molecule has 0 saturated heterocycles. The van der Waals surface area contributed by atoms with Crippen LogP contribution < -0.4 is 5.32 Å². The first-order chi connectivity index (χ1) is 8.94. The molecule has 0 fully saturated rings. The van der Waals surface area contributed by atoms with E-state index in [1.54, 1.807) is 0 Å². The third-order valence-corrected chi connectivity index (χ3v) is 4.43. The van der Waals surface area contributed by atoms with Crippen molar-refractivity contribution in [2.24, 2.45) is 0 Å². The summed E-state index contributed by atoms with van der Waals surface area (Å²) in [6.45, 7) is 0.403. The van der Waals surface area contributed by atoms with Gasteiger partial charge in [0.1, 0.15) is 0 Å². The Morgan fingerprint density at radius 2 is 2.11 bits per heavy atom. The van der Waals surface area contributed by atoms with Crippen LogP contribution in [0.4, 0.5) is 13.2 Å². The van der Waals surface area contributed by atoms with E-state index < -0.39 is 5.51 Å². The van der Waals surface area contributed by atoms with E-state index in [2.05, 4.69) is 33.4 Å². The number of alkyl halides is 3. The maximum atomic E-state index is 12.0. The molecule has 1 aromatic carbocycles. The summed E-state index contributed by atoms with van der Waals surface area (Å²) in [5.74, 6) is 0.0766. The highest BCUT2D eigenvalue weighted by molar-refractivity contribution is 9.10. The molecule has 1 atom stereocenters. The van der Waals surface area contributed by atoms with Crippen LogP contribution in [0.2, 0.25) is 0 Å². The fourth-order valence-corrected chi connectivity index (χ4v) is 3.19. The number of aryl methyl sites for hydroxylation is 1. The molecule has 1 aromatic rings. The molecule has 0 heterocycles. The van der Waals surface area contributed by atoms with Crippen molar-refractivity contribution < 1.29 is 13.2 Å². The number of hydrogen-bond acceptors (Lipinski definition) is 2. The van der Waals surface area contributed by atoms with Gasteiger partial charge in [-0.2, -0.15) is 13.2 Å². The highest BCUT2D eigenvalue weighted by Crippen LogP contribution is 2.29. The summed E-state index contributed by atoms with van der Waals surface area (Å²) in [6, 6.07) is 6.53. The number of fused-ring (bicyclic) bond motifs is 1. The summed E-state index contributed by atoms with van der Waals surface area (Å²) in [5.41, 5.74) is -1.47. The molecule has 0 spiro atoms. The van der Waals surface area contributed by atoms with Gasteiger partial charge in [0.2, 0.25) is 0 Å². The molecule has 1 unspecified atom stereocenters. The summed E-state index contributed by atoms with van der Waals surface area (Å²) in [6.07, 6.45) is 2.87. The molecule has 1 nitrogen and oxygen atoms in total. The Bertz CT molecular complexity index is 436. The number of hydrogen-bond donors (Lipinski definition) is 1. The van der Waals surface area contributed by atoms with Crippen LogP contribution >= 0.6 is 27.7 Å². The van der Waals surface area contributed by atoms with Crippen LogP contribution in [0.15, 0.2) is 22.7 Å². The maximum absolute atomic E-state index is 12.0. The largest absolute Gasteiger partial charge is 0.441 e. The van der Waals surface area contributed by atoms with Gasteiger partial charge in [-0.25, -0.2) is 0 Å². The van der Waals surface area contributed by atoms with Gasteiger partial charge in [0, 0.05) is 22.8 Å². The molecule has 0 radical (unpaired) electrons. The molecule has 0 aliphatic heterocycles. The lowest BCUT2D eigenvalue weighted by Gasteiger charge is -2.25. The van der Waals surface area contributed by atoms with Crippen LogP contribution in [-0.4, -0.2) is 23.8 Å². The Labute approximate surface area is 123 Å². The number of halogens is 4. The first-order valence-corrected chi connectivity index (χ1v) is 7.93. The minimum Gasteiger partial charge on any atom is -0.313 e. The molecule has 0 aromatic heterocycles. The molecule has 0 saturated carbocycles. The Hall–Kier alpha value is -0.200. The van der Waals surface area contributed by atoms with E-state index in [0.717, 1.165) is 23.7 Å². The normalized spacial score (nSPS) is 19.3. The predicted octanol–water partition coefficient (Wildman–Crippen LogP) is 4.15. The molecule has 2 rings (SSSR count). The standard InChI is InChI=1S/C13H15BrF3NS/c14-11-3-1-10-8-12(4-2-9(10)7-11)18-5-6-19-13(15,16)17/h1,3,7,12,18H,2,4-6,8H2. The van der Waals surface area contributed by atoms with Crippen LogP contribution in [0.3, 0.4) is 0 Å². The average Bonchev–Trinajstić information content (AvgIpc) is 2.33. The Morgan fingerprint density at radius 3 is 2.84 bits per heavy atom. The van der Waals surface area contributed by atoms with E-state index in [1.807, 2.05) is 6.07 Å². The predicted molar refractivity (Wildman–Crippen MR) is 76.5 cm³/mol. The van der Waals surface area contributed by atoms with Crippen molar-refractivity contribution in [2.45, 2.75) is 30.8 Å². The maximum Gasteiger partial charge on any atom is 0.441 e. The SMILES string of the molecule is FC(F)(F)SCCNC1CCc2cc(Br)ccc2C1. The first kappa shape index (κ1) is 15.2. The summed E-state index contributed by atoms with van der Waals surface area (Å²) in [5, 5.41) is 3.22. The number of rotatable bonds is 4. The fourth-order valence-electron chi connectivity index (χ4n) is 2.33. The van der Waals surface area contributed by atoms with Crippen LogP contribution in [0.5, 0.6) is 0 Å². The van der Waals surface area contributed by atoms with Gasteiger partial charge in [-0.3, -0.25) is 0 Å². The molecule has 0 bridgehead atoms. The monoisotopic (exact) mass is 353 g/mol. The van der Waals surface area contributed by atoms with Gasteiger partial charge in [0.15, 0.2) is 0 Å². The minimum atomic E-state index is -4.12. The summed E-state index contributed by atoms with van der Waals surface area (Å²) < 4.78 is 37.0. The zero-order valence-electron chi connectivity index (χ0n) is 10.3. The number of thioether (sulfide) groups is 1. The second-order valence-corrected chi connectivity index (χ2v) is 6.68. The van der Waals surface area contributed by atoms with Crippen molar-refractivity contribution >= 4 is 27.7 Å². The van der Waals surface area contributed by atoms with E-state index >= 15 is 0 Å².